The molecule has 1 aliphatic rings. The summed E-state index contributed by atoms with van der Waals surface area (Å²) in [5, 5.41) is 2.99. The van der Waals surface area contributed by atoms with E-state index in [-0.39, 0.29) is 29.6 Å². The molecular formula is C12H19N3O4S2. The van der Waals surface area contributed by atoms with Gasteiger partial charge in [0.2, 0.25) is 0 Å². The number of nitrogens with zero attached hydrogens (tertiary/aromatic N) is 2. The van der Waals surface area contributed by atoms with Gasteiger partial charge in [-0.05, 0) is 18.6 Å². The molecule has 0 atom stereocenters. The quantitative estimate of drug-likeness (QED) is 0.834. The first-order chi connectivity index (χ1) is 9.87. The van der Waals surface area contributed by atoms with Crippen molar-refractivity contribution in [2.75, 3.05) is 36.5 Å². The molecule has 1 aliphatic heterocycles. The molecule has 0 unspecified atom stereocenters. The van der Waals surface area contributed by atoms with Crippen LogP contribution in [0, 0.1) is 0 Å². The first kappa shape index (κ1) is 16.2. The SMILES string of the molecule is CCCNc1cccnc1S(=O)(=O)N1CCS(=O)(=O)CC1. The summed E-state index contributed by atoms with van der Waals surface area (Å²) in [4.78, 5) is 3.97. The Kier molecular flexibility index (Phi) is 4.84. The number of nitrogens with one attached hydrogen (secondary N) is 1. The number of pyridine rings is 1. The molecule has 2 heterocycles. The summed E-state index contributed by atoms with van der Waals surface area (Å²) >= 11 is 0. The molecule has 9 heteroatoms. The molecule has 0 aromatic carbocycles. The fourth-order valence-electron chi connectivity index (χ4n) is 2.05. The number of sulfonamides is 1. The average molecular weight is 333 g/mol. The second-order valence-corrected chi connectivity index (χ2v) is 9.00. The Morgan fingerprint density at radius 3 is 2.62 bits per heavy atom. The fourth-order valence-corrected chi connectivity index (χ4v) is 5.00. The van der Waals surface area contributed by atoms with Gasteiger partial charge in [-0.1, -0.05) is 6.92 Å². The predicted molar refractivity (Wildman–Crippen MR) is 80.4 cm³/mol. The molecule has 0 amide bonds. The fraction of sp³-hybridized carbons (Fsp3) is 0.583. The highest BCUT2D eigenvalue weighted by Crippen LogP contribution is 2.23. The molecule has 21 heavy (non-hydrogen) atoms. The summed E-state index contributed by atoms with van der Waals surface area (Å²) in [5.41, 5.74) is 0.452. The Hall–Kier alpha value is -1.19. The van der Waals surface area contributed by atoms with Gasteiger partial charge in [0, 0.05) is 25.8 Å². The Bertz CT molecular complexity index is 687. The van der Waals surface area contributed by atoms with Gasteiger partial charge >= 0.3 is 0 Å². The van der Waals surface area contributed by atoms with Crippen molar-refractivity contribution in [2.45, 2.75) is 18.4 Å². The normalized spacial score (nSPS) is 19.3. The lowest BCUT2D eigenvalue weighted by molar-refractivity contribution is 0.429. The average Bonchev–Trinajstić information content (AvgIpc) is 2.45. The van der Waals surface area contributed by atoms with Crippen LogP contribution >= 0.6 is 0 Å². The summed E-state index contributed by atoms with van der Waals surface area (Å²) in [6, 6.07) is 3.33. The van der Waals surface area contributed by atoms with Gasteiger partial charge in [-0.2, -0.15) is 4.31 Å². The van der Waals surface area contributed by atoms with Crippen molar-refractivity contribution >= 4 is 25.5 Å². The van der Waals surface area contributed by atoms with E-state index >= 15 is 0 Å². The van der Waals surface area contributed by atoms with Crippen molar-refractivity contribution in [3.05, 3.63) is 18.3 Å². The van der Waals surface area contributed by atoms with E-state index in [9.17, 15) is 16.8 Å². The van der Waals surface area contributed by atoms with E-state index in [4.69, 9.17) is 0 Å². The zero-order chi connectivity index (χ0) is 15.5. The molecule has 118 valence electrons. The van der Waals surface area contributed by atoms with Crippen molar-refractivity contribution in [3.8, 4) is 0 Å². The first-order valence-corrected chi connectivity index (χ1v) is 10.0. The third kappa shape index (κ3) is 3.72. The van der Waals surface area contributed by atoms with Crippen LogP contribution in [0.4, 0.5) is 5.69 Å². The molecule has 2 rings (SSSR count). The summed E-state index contributed by atoms with van der Waals surface area (Å²) in [6.07, 6.45) is 2.28. The van der Waals surface area contributed by atoms with Crippen molar-refractivity contribution in [1.29, 1.82) is 0 Å². The standard InChI is InChI=1S/C12H19N3O4S2/c1-2-5-13-11-4-3-6-14-12(11)21(18,19)15-7-9-20(16,17)10-8-15/h3-4,6,13H,2,5,7-10H2,1H3. The van der Waals surface area contributed by atoms with E-state index in [0.717, 1.165) is 6.42 Å². The molecule has 0 saturated carbocycles. The molecule has 1 aromatic rings. The summed E-state index contributed by atoms with van der Waals surface area (Å²) < 4.78 is 49.2. The molecular weight excluding hydrogens is 314 g/mol. The minimum absolute atomic E-state index is 0.0194. The maximum atomic E-state index is 12.6. The Morgan fingerprint density at radius 2 is 2.00 bits per heavy atom. The van der Waals surface area contributed by atoms with Gasteiger partial charge in [-0.3, -0.25) is 0 Å². The zero-order valence-corrected chi connectivity index (χ0v) is 13.5. The lowest BCUT2D eigenvalue weighted by Crippen LogP contribution is -2.44. The predicted octanol–water partition coefficient (Wildman–Crippen LogP) is 0.323. The number of hydrogen-bond donors (Lipinski definition) is 1. The van der Waals surface area contributed by atoms with Crippen molar-refractivity contribution < 1.29 is 16.8 Å². The molecule has 1 saturated heterocycles. The van der Waals surface area contributed by atoms with E-state index in [1.54, 1.807) is 12.1 Å². The minimum atomic E-state index is -3.78. The van der Waals surface area contributed by atoms with Crippen LogP contribution in [0.1, 0.15) is 13.3 Å². The van der Waals surface area contributed by atoms with E-state index in [1.165, 1.54) is 10.5 Å². The second-order valence-electron chi connectivity index (χ2n) is 4.84. The Labute approximate surface area is 125 Å². The number of hydrogen-bond acceptors (Lipinski definition) is 6. The maximum Gasteiger partial charge on any atom is 0.262 e. The minimum Gasteiger partial charge on any atom is -0.383 e. The van der Waals surface area contributed by atoms with Crippen molar-refractivity contribution in [2.24, 2.45) is 0 Å². The molecule has 1 N–H and O–H groups in total. The van der Waals surface area contributed by atoms with Crippen LogP contribution in [-0.4, -0.2) is 57.3 Å². The van der Waals surface area contributed by atoms with E-state index in [2.05, 4.69) is 10.3 Å². The number of rotatable bonds is 5. The van der Waals surface area contributed by atoms with Crippen molar-refractivity contribution in [1.82, 2.24) is 9.29 Å². The molecule has 7 nitrogen and oxygen atoms in total. The maximum absolute atomic E-state index is 12.6. The van der Waals surface area contributed by atoms with Crippen LogP contribution in [0.2, 0.25) is 0 Å². The highest BCUT2D eigenvalue weighted by atomic mass is 32.2. The molecule has 1 aromatic heterocycles. The first-order valence-electron chi connectivity index (χ1n) is 6.76. The van der Waals surface area contributed by atoms with Crippen LogP contribution in [0.15, 0.2) is 23.4 Å². The van der Waals surface area contributed by atoms with Gasteiger partial charge < -0.3 is 5.32 Å². The topological polar surface area (TPSA) is 96.4 Å². The Morgan fingerprint density at radius 1 is 1.33 bits per heavy atom. The molecule has 0 aliphatic carbocycles. The van der Waals surface area contributed by atoms with Gasteiger partial charge in [0.05, 0.1) is 17.2 Å². The molecule has 0 radical (unpaired) electrons. The van der Waals surface area contributed by atoms with E-state index < -0.39 is 19.9 Å². The van der Waals surface area contributed by atoms with Gasteiger partial charge in [-0.15, -0.1) is 0 Å². The van der Waals surface area contributed by atoms with Crippen LogP contribution in [0.25, 0.3) is 0 Å². The van der Waals surface area contributed by atoms with Crippen LogP contribution in [0.3, 0.4) is 0 Å². The monoisotopic (exact) mass is 333 g/mol. The van der Waals surface area contributed by atoms with Gasteiger partial charge in [0.15, 0.2) is 14.9 Å². The lowest BCUT2D eigenvalue weighted by atomic mass is 10.4. The third-order valence-electron chi connectivity index (χ3n) is 3.22. The Balaban J connectivity index is 2.28. The number of anilines is 1. The van der Waals surface area contributed by atoms with Crippen LogP contribution in [0.5, 0.6) is 0 Å². The molecule has 1 fully saturated rings. The van der Waals surface area contributed by atoms with Gasteiger partial charge in [0.1, 0.15) is 0 Å². The van der Waals surface area contributed by atoms with Gasteiger partial charge in [0.25, 0.3) is 10.0 Å². The zero-order valence-electron chi connectivity index (χ0n) is 11.8. The number of aromatic nitrogens is 1. The second kappa shape index (κ2) is 6.29. The number of sulfone groups is 1. The smallest absolute Gasteiger partial charge is 0.262 e. The van der Waals surface area contributed by atoms with Crippen molar-refractivity contribution in [3.63, 3.8) is 0 Å². The summed E-state index contributed by atoms with van der Waals surface area (Å²) in [5.74, 6) is -0.284. The summed E-state index contributed by atoms with van der Waals surface area (Å²) in [6.45, 7) is 2.58. The van der Waals surface area contributed by atoms with E-state index in [1.807, 2.05) is 6.92 Å². The molecule has 0 bridgehead atoms. The van der Waals surface area contributed by atoms with Crippen LogP contribution < -0.4 is 5.32 Å². The third-order valence-corrected chi connectivity index (χ3v) is 6.69. The lowest BCUT2D eigenvalue weighted by Gasteiger charge is -2.26. The van der Waals surface area contributed by atoms with Crippen LogP contribution in [-0.2, 0) is 19.9 Å². The summed E-state index contributed by atoms with van der Waals surface area (Å²) in [7, 11) is -6.90. The highest BCUT2D eigenvalue weighted by Gasteiger charge is 2.33. The molecule has 0 spiro atoms. The van der Waals surface area contributed by atoms with E-state index in [0.29, 0.717) is 12.2 Å². The van der Waals surface area contributed by atoms with Gasteiger partial charge in [-0.25, -0.2) is 21.8 Å². The largest absolute Gasteiger partial charge is 0.383 e. The highest BCUT2D eigenvalue weighted by molar-refractivity contribution is 7.92.